The number of hydrogen-bond acceptors (Lipinski definition) is 3. The highest BCUT2D eigenvalue weighted by Crippen LogP contribution is 2.24. The number of carbonyl (C=O) groups is 2. The van der Waals surface area contributed by atoms with Gasteiger partial charge in [-0.15, -0.1) is 0 Å². The fourth-order valence-corrected chi connectivity index (χ4v) is 1.65. The molecular weight excluding hydrogens is 304 g/mol. The Labute approximate surface area is 112 Å². The smallest absolute Gasteiger partial charge is 0.325 e. The van der Waals surface area contributed by atoms with Crippen molar-refractivity contribution >= 4 is 33.6 Å². The molecule has 1 aromatic carbocycles. The third-order valence-corrected chi connectivity index (χ3v) is 2.54. The van der Waals surface area contributed by atoms with E-state index in [0.29, 0.717) is 11.4 Å². The summed E-state index contributed by atoms with van der Waals surface area (Å²) in [4.78, 5) is 22.1. The predicted molar refractivity (Wildman–Crippen MR) is 69.9 cm³/mol. The first-order valence-electron chi connectivity index (χ1n) is 5.07. The van der Waals surface area contributed by atoms with Crippen LogP contribution in [-0.2, 0) is 4.79 Å². The van der Waals surface area contributed by atoms with Gasteiger partial charge in [-0.3, -0.25) is 4.79 Å². The van der Waals surface area contributed by atoms with Gasteiger partial charge in [0.15, 0.2) is 0 Å². The largest absolute Gasteiger partial charge is 0.497 e. The number of urea groups is 1. The van der Waals surface area contributed by atoms with Crippen LogP contribution in [0.3, 0.4) is 0 Å². The van der Waals surface area contributed by atoms with Gasteiger partial charge < -0.3 is 20.5 Å². The molecule has 0 saturated heterocycles. The van der Waals surface area contributed by atoms with Gasteiger partial charge in [0.2, 0.25) is 0 Å². The molecule has 2 amide bonds. The molecule has 0 aliphatic carbocycles. The highest BCUT2D eigenvalue weighted by atomic mass is 79.9. The number of carbonyl (C=O) groups excluding carboxylic acids is 1. The summed E-state index contributed by atoms with van der Waals surface area (Å²) in [7, 11) is 1.51. The Morgan fingerprint density at radius 2 is 2.06 bits per heavy atom. The minimum absolute atomic E-state index is 0.497. The van der Waals surface area contributed by atoms with Crippen molar-refractivity contribution in [1.82, 2.24) is 5.32 Å². The Bertz CT molecular complexity index is 464. The number of nitrogens with one attached hydrogen (secondary N) is 2. The highest BCUT2D eigenvalue weighted by molar-refractivity contribution is 9.10. The Morgan fingerprint density at radius 1 is 1.39 bits per heavy atom. The Balaban J connectivity index is 2.70. The molecule has 98 valence electrons. The molecule has 0 fully saturated rings. The Hall–Kier alpha value is -1.76. The maximum Gasteiger partial charge on any atom is 0.325 e. The molecule has 3 N–H and O–H groups in total. The van der Waals surface area contributed by atoms with Gasteiger partial charge in [-0.25, -0.2) is 4.79 Å². The second kappa shape index (κ2) is 6.25. The number of ether oxygens (including phenoxy) is 1. The topological polar surface area (TPSA) is 87.7 Å². The first kappa shape index (κ1) is 14.3. The molecular formula is C11H13BrN2O4. The number of benzene rings is 1. The number of methoxy groups -OCH3 is 1. The molecule has 0 bridgehead atoms. The van der Waals surface area contributed by atoms with Crippen LogP contribution in [0.4, 0.5) is 10.5 Å². The van der Waals surface area contributed by atoms with E-state index >= 15 is 0 Å². The molecule has 1 aromatic rings. The molecule has 0 aromatic heterocycles. The SMILES string of the molecule is COc1cc(Br)cc(NC(=O)NC(C)C(=O)O)c1. The summed E-state index contributed by atoms with van der Waals surface area (Å²) < 4.78 is 5.78. The zero-order valence-corrected chi connectivity index (χ0v) is 11.4. The molecule has 18 heavy (non-hydrogen) atoms. The minimum Gasteiger partial charge on any atom is -0.497 e. The maximum absolute atomic E-state index is 11.5. The van der Waals surface area contributed by atoms with Crippen LogP contribution in [0, 0.1) is 0 Å². The summed E-state index contributed by atoms with van der Waals surface area (Å²) in [6.45, 7) is 1.38. The minimum atomic E-state index is -1.10. The average Bonchev–Trinajstić information content (AvgIpc) is 2.27. The molecule has 0 heterocycles. The molecule has 0 radical (unpaired) electrons. The van der Waals surface area contributed by atoms with Gasteiger partial charge in [-0.2, -0.15) is 0 Å². The van der Waals surface area contributed by atoms with Crippen LogP contribution < -0.4 is 15.4 Å². The van der Waals surface area contributed by atoms with Crippen molar-refractivity contribution in [2.45, 2.75) is 13.0 Å². The van der Waals surface area contributed by atoms with E-state index in [-0.39, 0.29) is 0 Å². The van der Waals surface area contributed by atoms with Gasteiger partial charge in [-0.05, 0) is 19.1 Å². The van der Waals surface area contributed by atoms with Gasteiger partial charge >= 0.3 is 12.0 Å². The summed E-state index contributed by atoms with van der Waals surface area (Å²) >= 11 is 3.27. The first-order valence-corrected chi connectivity index (χ1v) is 5.86. The van der Waals surface area contributed by atoms with Crippen LogP contribution in [-0.4, -0.2) is 30.3 Å². The van der Waals surface area contributed by atoms with E-state index in [1.165, 1.54) is 14.0 Å². The van der Waals surface area contributed by atoms with E-state index in [1.807, 2.05) is 0 Å². The first-order chi connectivity index (χ1) is 8.42. The standard InChI is InChI=1S/C11H13BrN2O4/c1-6(10(15)16)13-11(17)14-8-3-7(12)4-9(5-8)18-2/h3-6H,1-2H3,(H,15,16)(H2,13,14,17). The molecule has 0 aliphatic heterocycles. The summed E-state index contributed by atoms with van der Waals surface area (Å²) in [6, 6.07) is 3.48. The fraction of sp³-hybridized carbons (Fsp3) is 0.273. The van der Waals surface area contributed by atoms with Crippen molar-refractivity contribution in [3.8, 4) is 5.75 Å². The van der Waals surface area contributed by atoms with E-state index in [1.54, 1.807) is 18.2 Å². The number of carboxylic acids is 1. The van der Waals surface area contributed by atoms with E-state index < -0.39 is 18.0 Å². The third kappa shape index (κ3) is 4.25. The monoisotopic (exact) mass is 316 g/mol. The van der Waals surface area contributed by atoms with Crippen LogP contribution in [0.15, 0.2) is 22.7 Å². The van der Waals surface area contributed by atoms with Crippen molar-refractivity contribution in [3.05, 3.63) is 22.7 Å². The molecule has 1 unspecified atom stereocenters. The van der Waals surface area contributed by atoms with Crippen molar-refractivity contribution in [1.29, 1.82) is 0 Å². The summed E-state index contributed by atoms with van der Waals surface area (Å²) in [5.41, 5.74) is 0.497. The number of carboxylic acid groups (broad SMARTS) is 1. The zero-order valence-electron chi connectivity index (χ0n) is 9.86. The normalized spacial score (nSPS) is 11.5. The van der Waals surface area contributed by atoms with Crippen molar-refractivity contribution in [2.75, 3.05) is 12.4 Å². The van der Waals surface area contributed by atoms with Crippen molar-refractivity contribution in [3.63, 3.8) is 0 Å². The second-order valence-electron chi connectivity index (χ2n) is 3.54. The molecule has 0 aliphatic rings. The third-order valence-electron chi connectivity index (χ3n) is 2.08. The Morgan fingerprint density at radius 3 is 2.61 bits per heavy atom. The van der Waals surface area contributed by atoms with E-state index in [2.05, 4.69) is 26.6 Å². The van der Waals surface area contributed by atoms with Gasteiger partial charge in [0.25, 0.3) is 0 Å². The number of hydrogen-bond donors (Lipinski definition) is 3. The number of amides is 2. The van der Waals surface area contributed by atoms with Gasteiger partial charge in [0.05, 0.1) is 7.11 Å². The summed E-state index contributed by atoms with van der Waals surface area (Å²) in [6.07, 6.45) is 0. The predicted octanol–water partition coefficient (Wildman–Crippen LogP) is 2.05. The number of anilines is 1. The summed E-state index contributed by atoms with van der Waals surface area (Å²) in [5.74, 6) is -0.525. The van der Waals surface area contributed by atoms with Crippen LogP contribution in [0.2, 0.25) is 0 Å². The highest BCUT2D eigenvalue weighted by Gasteiger charge is 2.14. The average molecular weight is 317 g/mol. The number of aliphatic carboxylic acids is 1. The lowest BCUT2D eigenvalue weighted by Gasteiger charge is -2.11. The lowest BCUT2D eigenvalue weighted by atomic mass is 10.3. The molecule has 0 spiro atoms. The van der Waals surface area contributed by atoms with Gasteiger partial charge in [0.1, 0.15) is 11.8 Å². The van der Waals surface area contributed by atoms with Crippen molar-refractivity contribution < 1.29 is 19.4 Å². The number of halogens is 1. The van der Waals surface area contributed by atoms with Gasteiger partial charge in [-0.1, -0.05) is 15.9 Å². The fourth-order valence-electron chi connectivity index (χ4n) is 1.18. The van der Waals surface area contributed by atoms with E-state index in [0.717, 1.165) is 4.47 Å². The lowest BCUT2D eigenvalue weighted by Crippen LogP contribution is -2.40. The van der Waals surface area contributed by atoms with Crippen LogP contribution in [0.5, 0.6) is 5.75 Å². The van der Waals surface area contributed by atoms with Crippen molar-refractivity contribution in [2.24, 2.45) is 0 Å². The second-order valence-corrected chi connectivity index (χ2v) is 4.45. The van der Waals surface area contributed by atoms with Crippen LogP contribution >= 0.6 is 15.9 Å². The van der Waals surface area contributed by atoms with Crippen LogP contribution in [0.1, 0.15) is 6.92 Å². The maximum atomic E-state index is 11.5. The number of rotatable bonds is 4. The van der Waals surface area contributed by atoms with Gasteiger partial charge in [0, 0.05) is 16.2 Å². The van der Waals surface area contributed by atoms with Crippen LogP contribution in [0.25, 0.3) is 0 Å². The molecule has 1 atom stereocenters. The van der Waals surface area contributed by atoms with E-state index in [9.17, 15) is 9.59 Å². The molecule has 7 heteroatoms. The quantitative estimate of drug-likeness (QED) is 0.793. The lowest BCUT2D eigenvalue weighted by molar-refractivity contribution is -0.138. The van der Waals surface area contributed by atoms with E-state index in [4.69, 9.17) is 9.84 Å². The molecule has 1 rings (SSSR count). The molecule has 6 nitrogen and oxygen atoms in total. The zero-order chi connectivity index (χ0) is 13.7. The summed E-state index contributed by atoms with van der Waals surface area (Å²) in [5, 5.41) is 13.5. The molecule has 0 saturated carbocycles. The Kier molecular flexibility index (Phi) is 4.96.